The zero-order valence-corrected chi connectivity index (χ0v) is 40.0. The van der Waals surface area contributed by atoms with Gasteiger partial charge in [-0.05, 0) is 73.7 Å². The maximum Gasteiger partial charge on any atom is 0.0663 e. The molecule has 0 amide bonds. The summed E-state index contributed by atoms with van der Waals surface area (Å²) in [6, 6.07) is 9.30. The van der Waals surface area contributed by atoms with Gasteiger partial charge in [-0.3, -0.25) is 0 Å². The average molecular weight is 932 g/mol. The van der Waals surface area contributed by atoms with E-state index in [-0.39, 0.29) is 0 Å². The summed E-state index contributed by atoms with van der Waals surface area (Å²) in [6.45, 7) is 0. The van der Waals surface area contributed by atoms with Crippen molar-refractivity contribution in [2.24, 2.45) is 0 Å². The molecule has 0 fully saturated rings. The van der Waals surface area contributed by atoms with Crippen molar-refractivity contribution in [3.05, 3.63) is 111 Å². The second kappa shape index (κ2) is 22.3. The standard InChI is InChI=1S/C32H34S16/c1-33-25-26(34-2)42-21(41-25)9-7-8-10-22-43-29(37-5)31(47-22)39-17-19-11-13-20(14-12-19)18-40-32-30(38-6)46-24(48-32)16-15-23-44-27(35-3)28(36-4)45-23/h9-16H,7-8,17-18H2,1-6H3/b22-10-,24-16-. The fraction of sp³-hybridized carbons (Fsp3) is 0.312. The number of unbranched alkanes of at least 4 members (excludes halogenated alkanes) is 1. The Morgan fingerprint density at radius 3 is 1.00 bits per heavy atom. The molecule has 1 aromatic carbocycles. The predicted octanol–water partition coefficient (Wildman–Crippen LogP) is 16.9. The number of hydrogen-bond donors (Lipinski definition) is 0. The molecule has 4 heterocycles. The summed E-state index contributed by atoms with van der Waals surface area (Å²) in [5.41, 5.74) is 2.78. The second-order valence-corrected chi connectivity index (χ2v) is 27.7. The maximum atomic E-state index is 2.44. The van der Waals surface area contributed by atoms with Crippen LogP contribution in [0.15, 0.2) is 99.4 Å². The SMILES string of the molecule is CSC1=C(SC)SC(=C/C=C2/SC(SC)=C(SCc3ccc(CSC4=C(SC)S/C(=C/CCC=C5SC(SC)=C(SC)S5)S4)cc3)S2)S1. The van der Waals surface area contributed by atoms with Crippen molar-refractivity contribution in [2.75, 3.05) is 37.5 Å². The van der Waals surface area contributed by atoms with Crippen molar-refractivity contribution < 1.29 is 0 Å². The molecular weight excluding hydrogens is 897 g/mol. The van der Waals surface area contributed by atoms with Gasteiger partial charge < -0.3 is 0 Å². The van der Waals surface area contributed by atoms with Crippen molar-refractivity contribution in [1.82, 2.24) is 0 Å². The molecule has 0 aromatic heterocycles. The summed E-state index contributed by atoms with van der Waals surface area (Å²) in [4.78, 5) is 0. The van der Waals surface area contributed by atoms with E-state index < -0.39 is 0 Å². The number of allylic oxidation sites excluding steroid dienone is 4. The fourth-order valence-electron chi connectivity index (χ4n) is 3.95. The van der Waals surface area contributed by atoms with Crippen LogP contribution in [-0.4, -0.2) is 37.5 Å². The molecule has 4 aliphatic rings. The van der Waals surface area contributed by atoms with Crippen LogP contribution in [0.2, 0.25) is 0 Å². The van der Waals surface area contributed by atoms with Crippen LogP contribution in [0.25, 0.3) is 0 Å². The lowest BCUT2D eigenvalue weighted by Gasteiger charge is -2.06. The Labute approximate surface area is 355 Å². The van der Waals surface area contributed by atoms with E-state index in [2.05, 4.69) is 86.1 Å². The van der Waals surface area contributed by atoms with Crippen molar-refractivity contribution in [3.8, 4) is 0 Å². The van der Waals surface area contributed by atoms with Crippen LogP contribution in [0.5, 0.6) is 0 Å². The third-order valence-corrected chi connectivity index (χ3v) is 27.3. The molecule has 0 nitrogen and oxygen atoms in total. The van der Waals surface area contributed by atoms with Crippen LogP contribution in [0.1, 0.15) is 24.0 Å². The Hall–Kier alpha value is 2.74. The van der Waals surface area contributed by atoms with Gasteiger partial charge in [-0.1, -0.05) is 131 Å². The molecule has 0 unspecified atom stereocenters. The highest BCUT2D eigenvalue weighted by Crippen LogP contribution is 2.60. The number of thioether (sulfide) groups is 16. The summed E-state index contributed by atoms with van der Waals surface area (Å²) in [6.07, 6.45) is 24.8. The smallest absolute Gasteiger partial charge is 0.0663 e. The van der Waals surface area contributed by atoms with Crippen LogP contribution in [-0.2, 0) is 11.5 Å². The van der Waals surface area contributed by atoms with Crippen LogP contribution in [0, 0.1) is 0 Å². The molecule has 0 saturated carbocycles. The van der Waals surface area contributed by atoms with Gasteiger partial charge in [-0.15, -0.1) is 94.1 Å². The maximum absolute atomic E-state index is 2.44. The minimum Gasteiger partial charge on any atom is -0.121 e. The Bertz CT molecular complexity index is 1540. The summed E-state index contributed by atoms with van der Waals surface area (Å²) in [5.74, 6) is 2.01. The van der Waals surface area contributed by atoms with Gasteiger partial charge in [-0.25, -0.2) is 0 Å². The quantitative estimate of drug-likeness (QED) is 0.144. The van der Waals surface area contributed by atoms with E-state index in [0.29, 0.717) is 0 Å². The first-order valence-corrected chi connectivity index (χ1v) is 30.1. The fourth-order valence-corrected chi connectivity index (χ4v) is 24.3. The second-order valence-electron chi connectivity index (χ2n) is 9.33. The molecule has 0 aliphatic carbocycles. The van der Waals surface area contributed by atoms with E-state index in [9.17, 15) is 0 Å². The largest absolute Gasteiger partial charge is 0.121 e. The molecule has 0 N–H and O–H groups in total. The van der Waals surface area contributed by atoms with E-state index in [1.54, 1.807) is 0 Å². The third-order valence-electron chi connectivity index (χ3n) is 6.23. The van der Waals surface area contributed by atoms with Gasteiger partial charge in [0, 0.05) is 20.0 Å². The summed E-state index contributed by atoms with van der Waals surface area (Å²) >= 11 is 30.6. The predicted molar refractivity (Wildman–Crippen MR) is 261 cm³/mol. The molecule has 16 heteroatoms. The van der Waals surface area contributed by atoms with Crippen molar-refractivity contribution in [2.45, 2.75) is 24.3 Å². The van der Waals surface area contributed by atoms with Crippen LogP contribution in [0.3, 0.4) is 0 Å². The Balaban J connectivity index is 1.06. The monoisotopic (exact) mass is 930 g/mol. The van der Waals surface area contributed by atoms with Gasteiger partial charge in [0.2, 0.25) is 0 Å². The first-order chi connectivity index (χ1) is 23.5. The molecule has 258 valence electrons. The minimum atomic E-state index is 1.00. The van der Waals surface area contributed by atoms with Crippen molar-refractivity contribution in [1.29, 1.82) is 0 Å². The molecule has 0 bridgehead atoms. The normalized spacial score (nSPS) is 20.3. The molecule has 0 atom stereocenters. The van der Waals surface area contributed by atoms with Gasteiger partial charge >= 0.3 is 0 Å². The highest BCUT2D eigenvalue weighted by atomic mass is 32.3. The molecule has 5 rings (SSSR count). The number of benzene rings is 1. The number of rotatable bonds is 16. The zero-order chi connectivity index (χ0) is 33.9. The van der Waals surface area contributed by atoms with Crippen LogP contribution < -0.4 is 0 Å². The highest BCUT2D eigenvalue weighted by Gasteiger charge is 2.24. The average Bonchev–Trinajstić information content (AvgIpc) is 3.91. The minimum absolute atomic E-state index is 1.00. The van der Waals surface area contributed by atoms with E-state index in [1.165, 1.54) is 62.0 Å². The lowest BCUT2D eigenvalue weighted by molar-refractivity contribution is 1.05. The summed E-state index contributed by atoms with van der Waals surface area (Å²) < 4.78 is 17.2. The molecule has 0 saturated heterocycles. The molecular formula is C32H34S16. The van der Waals surface area contributed by atoms with Crippen LogP contribution in [0.4, 0.5) is 0 Å². The van der Waals surface area contributed by atoms with E-state index in [1.807, 2.05) is 188 Å². The van der Waals surface area contributed by atoms with Gasteiger partial charge in [0.15, 0.2) is 0 Å². The summed E-state index contributed by atoms with van der Waals surface area (Å²) in [7, 11) is 0. The van der Waals surface area contributed by atoms with E-state index >= 15 is 0 Å². The van der Waals surface area contributed by atoms with E-state index in [0.717, 1.165) is 24.3 Å². The van der Waals surface area contributed by atoms with Crippen molar-refractivity contribution >= 4 is 188 Å². The highest BCUT2D eigenvalue weighted by molar-refractivity contribution is 8.42. The molecule has 48 heavy (non-hydrogen) atoms. The Kier molecular flexibility index (Phi) is 19.5. The Morgan fingerprint density at radius 2 is 0.667 bits per heavy atom. The first-order valence-electron chi connectivity index (χ1n) is 14.3. The van der Waals surface area contributed by atoms with Gasteiger partial charge in [0.25, 0.3) is 0 Å². The van der Waals surface area contributed by atoms with Gasteiger partial charge in [0.05, 0.1) is 42.4 Å². The first kappa shape index (κ1) is 41.9. The Morgan fingerprint density at radius 1 is 0.396 bits per heavy atom. The molecule has 1 aromatic rings. The van der Waals surface area contributed by atoms with Gasteiger partial charge in [0.1, 0.15) is 0 Å². The zero-order valence-electron chi connectivity index (χ0n) is 27.0. The molecule has 4 aliphatic heterocycles. The summed E-state index contributed by atoms with van der Waals surface area (Å²) in [5, 5.41) is 0. The van der Waals surface area contributed by atoms with Crippen LogP contribution >= 0.6 is 188 Å². The van der Waals surface area contributed by atoms with Crippen molar-refractivity contribution in [3.63, 3.8) is 0 Å². The lowest BCUT2D eigenvalue weighted by Crippen LogP contribution is -1.84. The topological polar surface area (TPSA) is 0 Å². The van der Waals surface area contributed by atoms with Gasteiger partial charge in [-0.2, -0.15) is 0 Å². The molecule has 0 spiro atoms. The third kappa shape index (κ3) is 12.4. The lowest BCUT2D eigenvalue weighted by atomic mass is 10.2. The number of hydrogen-bond acceptors (Lipinski definition) is 16. The molecule has 0 radical (unpaired) electrons. The van der Waals surface area contributed by atoms with E-state index in [4.69, 9.17) is 0 Å².